The number of oxazole rings is 1. The Balaban J connectivity index is 1.62. The smallest absolute Gasteiger partial charge is 0.408 e. The number of benzene rings is 1. The maximum Gasteiger partial charge on any atom is 0.417 e. The summed E-state index contributed by atoms with van der Waals surface area (Å²) in [5, 5.41) is 7.96. The first kappa shape index (κ1) is 14.4. The molecule has 0 aliphatic heterocycles. The van der Waals surface area contributed by atoms with Crippen LogP contribution in [0.1, 0.15) is 11.8 Å². The number of hydrogen-bond donors (Lipinski definition) is 3. The molecule has 0 bridgehead atoms. The lowest BCUT2D eigenvalue weighted by atomic mass is 10.2. The summed E-state index contributed by atoms with van der Waals surface area (Å²) < 4.78 is 4.94. The molecule has 0 spiro atoms. The number of H-pyrrole nitrogens is 1. The van der Waals surface area contributed by atoms with Gasteiger partial charge in [0.1, 0.15) is 6.04 Å². The fourth-order valence-corrected chi connectivity index (χ4v) is 2.74. The summed E-state index contributed by atoms with van der Waals surface area (Å²) in [6, 6.07) is 8.73. The lowest BCUT2D eigenvalue weighted by molar-refractivity contribution is -0.121. The minimum Gasteiger partial charge on any atom is -0.408 e. The Bertz CT molecular complexity index is 835. The van der Waals surface area contributed by atoms with Gasteiger partial charge in [-0.05, 0) is 36.6 Å². The zero-order valence-corrected chi connectivity index (χ0v) is 12.7. The molecule has 6 nitrogen and oxygen atoms in total. The van der Waals surface area contributed by atoms with E-state index in [0.717, 1.165) is 10.6 Å². The topological polar surface area (TPSA) is 87.1 Å². The summed E-state index contributed by atoms with van der Waals surface area (Å²) in [5.41, 5.74) is 1.83. The molecular formula is C15H15N3O3S. The molecule has 22 heavy (non-hydrogen) atoms. The number of aromatic nitrogens is 1. The highest BCUT2D eigenvalue weighted by Gasteiger charge is 2.13. The molecule has 0 aliphatic rings. The van der Waals surface area contributed by atoms with Crippen LogP contribution in [0.4, 0.5) is 5.69 Å². The van der Waals surface area contributed by atoms with Crippen molar-refractivity contribution in [2.24, 2.45) is 0 Å². The van der Waals surface area contributed by atoms with Crippen LogP contribution < -0.4 is 16.4 Å². The van der Waals surface area contributed by atoms with Gasteiger partial charge < -0.3 is 15.1 Å². The van der Waals surface area contributed by atoms with Crippen molar-refractivity contribution in [1.29, 1.82) is 0 Å². The summed E-state index contributed by atoms with van der Waals surface area (Å²) in [4.78, 5) is 26.9. The van der Waals surface area contributed by atoms with Crippen LogP contribution in [0.5, 0.6) is 0 Å². The van der Waals surface area contributed by atoms with Crippen molar-refractivity contribution in [2.75, 3.05) is 5.32 Å². The van der Waals surface area contributed by atoms with E-state index in [4.69, 9.17) is 4.42 Å². The van der Waals surface area contributed by atoms with E-state index in [0.29, 0.717) is 17.6 Å². The molecule has 0 aliphatic carbocycles. The van der Waals surface area contributed by atoms with Crippen LogP contribution in [-0.4, -0.2) is 16.9 Å². The van der Waals surface area contributed by atoms with Gasteiger partial charge in [0.05, 0.1) is 12.1 Å². The average molecular weight is 317 g/mol. The highest BCUT2D eigenvalue weighted by atomic mass is 32.1. The predicted molar refractivity (Wildman–Crippen MR) is 86.1 cm³/mol. The minimum atomic E-state index is -0.492. The molecule has 114 valence electrons. The fourth-order valence-electron chi connectivity index (χ4n) is 2.10. The van der Waals surface area contributed by atoms with Gasteiger partial charge in [-0.2, -0.15) is 0 Å². The molecule has 1 aromatic carbocycles. The summed E-state index contributed by atoms with van der Waals surface area (Å²) in [5.74, 6) is -0.580. The maximum absolute atomic E-state index is 12.1. The molecular weight excluding hydrogens is 302 g/mol. The number of amides is 1. The van der Waals surface area contributed by atoms with E-state index < -0.39 is 11.8 Å². The molecule has 0 unspecified atom stereocenters. The second-order valence-corrected chi connectivity index (χ2v) is 5.92. The van der Waals surface area contributed by atoms with Gasteiger partial charge in [-0.3, -0.25) is 9.78 Å². The largest absolute Gasteiger partial charge is 0.417 e. The molecule has 3 N–H and O–H groups in total. The monoisotopic (exact) mass is 317 g/mol. The van der Waals surface area contributed by atoms with Gasteiger partial charge >= 0.3 is 5.76 Å². The van der Waals surface area contributed by atoms with Crippen molar-refractivity contribution < 1.29 is 9.21 Å². The van der Waals surface area contributed by atoms with Crippen molar-refractivity contribution >= 4 is 34.0 Å². The molecule has 2 aromatic heterocycles. The summed E-state index contributed by atoms with van der Waals surface area (Å²) in [6.45, 7) is 2.31. The van der Waals surface area contributed by atoms with Crippen molar-refractivity contribution in [3.63, 3.8) is 0 Å². The number of fused-ring (bicyclic) bond motifs is 1. The van der Waals surface area contributed by atoms with Crippen LogP contribution in [-0.2, 0) is 11.3 Å². The van der Waals surface area contributed by atoms with E-state index in [-0.39, 0.29) is 5.91 Å². The predicted octanol–water partition coefficient (Wildman–Crippen LogP) is 2.30. The van der Waals surface area contributed by atoms with Crippen LogP contribution in [0.2, 0.25) is 0 Å². The molecule has 1 atom stereocenters. The van der Waals surface area contributed by atoms with Crippen molar-refractivity contribution in [3.05, 3.63) is 51.1 Å². The quantitative estimate of drug-likeness (QED) is 0.674. The van der Waals surface area contributed by atoms with Crippen LogP contribution in [0.15, 0.2) is 44.9 Å². The Kier molecular flexibility index (Phi) is 3.97. The molecule has 0 fully saturated rings. The molecule has 7 heteroatoms. The highest BCUT2D eigenvalue weighted by molar-refractivity contribution is 7.09. The molecule has 0 saturated carbocycles. The standard InChI is InChI=1S/C15H15N3O3S/c1-9(14(19)16-8-11-3-2-6-22-11)17-10-4-5-13-12(7-10)18-15(20)21-13/h2-7,9,17H,8H2,1H3,(H,16,19)(H,18,20)/t9-/m1/s1. The molecule has 3 rings (SSSR count). The minimum absolute atomic E-state index is 0.0887. The number of carbonyl (C=O) groups excluding carboxylic acids is 1. The van der Waals surface area contributed by atoms with Gasteiger partial charge in [0, 0.05) is 10.6 Å². The number of thiophene rings is 1. The van der Waals surface area contributed by atoms with E-state index in [9.17, 15) is 9.59 Å². The number of nitrogens with one attached hydrogen (secondary N) is 3. The molecule has 0 saturated heterocycles. The van der Waals surface area contributed by atoms with Crippen LogP contribution in [0, 0.1) is 0 Å². The zero-order chi connectivity index (χ0) is 15.5. The van der Waals surface area contributed by atoms with Gasteiger partial charge in [-0.15, -0.1) is 11.3 Å². The van der Waals surface area contributed by atoms with Gasteiger partial charge in [0.15, 0.2) is 5.58 Å². The average Bonchev–Trinajstić information content (AvgIpc) is 3.12. The van der Waals surface area contributed by atoms with Gasteiger partial charge in [0.25, 0.3) is 0 Å². The third kappa shape index (κ3) is 3.20. The second kappa shape index (κ2) is 6.07. The third-order valence-electron chi connectivity index (χ3n) is 3.21. The number of anilines is 1. The number of aromatic amines is 1. The van der Waals surface area contributed by atoms with E-state index in [1.807, 2.05) is 17.5 Å². The molecule has 1 amide bonds. The van der Waals surface area contributed by atoms with Crippen LogP contribution >= 0.6 is 11.3 Å². The first-order chi connectivity index (χ1) is 10.6. The highest BCUT2D eigenvalue weighted by Crippen LogP contribution is 2.17. The normalized spacial score (nSPS) is 12.2. The van der Waals surface area contributed by atoms with Gasteiger partial charge in [-0.1, -0.05) is 6.07 Å². The van der Waals surface area contributed by atoms with E-state index in [1.165, 1.54) is 0 Å². The Hall–Kier alpha value is -2.54. The number of carbonyl (C=O) groups is 1. The van der Waals surface area contributed by atoms with E-state index in [1.54, 1.807) is 36.5 Å². The van der Waals surface area contributed by atoms with Crippen molar-refractivity contribution in [3.8, 4) is 0 Å². The first-order valence-electron chi connectivity index (χ1n) is 6.81. The first-order valence-corrected chi connectivity index (χ1v) is 7.69. The molecule has 0 radical (unpaired) electrons. The fraction of sp³-hybridized carbons (Fsp3) is 0.200. The number of hydrogen-bond acceptors (Lipinski definition) is 5. The van der Waals surface area contributed by atoms with E-state index in [2.05, 4.69) is 15.6 Å². The lowest BCUT2D eigenvalue weighted by Crippen LogP contribution is -2.37. The number of rotatable bonds is 5. The summed E-state index contributed by atoms with van der Waals surface area (Å²) in [7, 11) is 0. The van der Waals surface area contributed by atoms with Gasteiger partial charge in [-0.25, -0.2) is 4.79 Å². The van der Waals surface area contributed by atoms with Gasteiger partial charge in [0.2, 0.25) is 5.91 Å². The van der Waals surface area contributed by atoms with Crippen LogP contribution in [0.3, 0.4) is 0 Å². The van der Waals surface area contributed by atoms with E-state index >= 15 is 0 Å². The van der Waals surface area contributed by atoms with Crippen LogP contribution in [0.25, 0.3) is 11.1 Å². The Labute approximate surface area is 130 Å². The Morgan fingerprint density at radius 1 is 1.41 bits per heavy atom. The summed E-state index contributed by atoms with van der Waals surface area (Å²) in [6.07, 6.45) is 0. The van der Waals surface area contributed by atoms with Crippen molar-refractivity contribution in [2.45, 2.75) is 19.5 Å². The molecule has 2 heterocycles. The Morgan fingerprint density at radius 3 is 3.05 bits per heavy atom. The third-order valence-corrected chi connectivity index (χ3v) is 4.09. The second-order valence-electron chi connectivity index (χ2n) is 4.89. The van der Waals surface area contributed by atoms with Crippen molar-refractivity contribution in [1.82, 2.24) is 10.3 Å². The maximum atomic E-state index is 12.1. The summed E-state index contributed by atoms with van der Waals surface area (Å²) >= 11 is 1.61. The molecule has 3 aromatic rings. The Morgan fingerprint density at radius 2 is 2.27 bits per heavy atom. The SMILES string of the molecule is C[C@@H](Nc1ccc2oc(=O)[nH]c2c1)C(=O)NCc1cccs1. The lowest BCUT2D eigenvalue weighted by Gasteiger charge is -2.14. The zero-order valence-electron chi connectivity index (χ0n) is 11.9.